The molecule has 0 aromatic rings. The van der Waals surface area contributed by atoms with Gasteiger partial charge in [0.05, 0.1) is 5.75 Å². The third-order valence-corrected chi connectivity index (χ3v) is 5.67. The minimum Gasteiger partial charge on any atom is -0.330 e. The number of nitrogens with two attached hydrogens (primary N) is 1. The maximum Gasteiger partial charge on any atom is 0.211 e. The molecule has 0 aliphatic heterocycles. The van der Waals surface area contributed by atoms with Gasteiger partial charge in [0.2, 0.25) is 10.0 Å². The van der Waals surface area contributed by atoms with Gasteiger partial charge in [0.15, 0.2) is 0 Å². The van der Waals surface area contributed by atoms with Crippen molar-refractivity contribution >= 4 is 10.0 Å². The van der Waals surface area contributed by atoms with E-state index in [0.29, 0.717) is 18.3 Å². The summed E-state index contributed by atoms with van der Waals surface area (Å²) in [6, 6.07) is 0.193. The molecule has 2 aliphatic carbocycles. The van der Waals surface area contributed by atoms with E-state index in [1.54, 1.807) is 0 Å². The fourth-order valence-corrected chi connectivity index (χ4v) is 4.62. The molecule has 0 aromatic carbocycles. The summed E-state index contributed by atoms with van der Waals surface area (Å²) in [5.41, 5.74) is 5.67. The van der Waals surface area contributed by atoms with Crippen molar-refractivity contribution in [2.24, 2.45) is 23.5 Å². The first-order chi connectivity index (χ1) is 7.55. The van der Waals surface area contributed by atoms with Crippen LogP contribution in [0.25, 0.3) is 0 Å². The second-order valence-electron chi connectivity index (χ2n) is 5.28. The zero-order valence-electron chi connectivity index (χ0n) is 9.85. The minimum absolute atomic E-state index is 0.193. The summed E-state index contributed by atoms with van der Waals surface area (Å²) in [4.78, 5) is 0. The Labute approximate surface area is 98.0 Å². The molecule has 94 valence electrons. The Kier molecular flexibility index (Phi) is 3.56. The number of hydrogen-bond acceptors (Lipinski definition) is 3. The van der Waals surface area contributed by atoms with Gasteiger partial charge in [-0.05, 0) is 50.0 Å². The van der Waals surface area contributed by atoms with Crippen LogP contribution >= 0.6 is 0 Å². The van der Waals surface area contributed by atoms with E-state index in [0.717, 1.165) is 25.3 Å². The van der Waals surface area contributed by atoms with Crippen molar-refractivity contribution in [2.45, 2.75) is 38.6 Å². The maximum absolute atomic E-state index is 11.6. The Bertz CT molecular complexity index is 342. The molecule has 3 N–H and O–H groups in total. The molecule has 0 heterocycles. The quantitative estimate of drug-likeness (QED) is 0.749. The largest absolute Gasteiger partial charge is 0.330 e. The highest BCUT2D eigenvalue weighted by atomic mass is 32.2. The van der Waals surface area contributed by atoms with Gasteiger partial charge in [-0.1, -0.05) is 6.92 Å². The molecule has 2 fully saturated rings. The predicted molar refractivity (Wildman–Crippen MR) is 64.4 cm³/mol. The van der Waals surface area contributed by atoms with Crippen LogP contribution in [0.4, 0.5) is 0 Å². The van der Waals surface area contributed by atoms with Gasteiger partial charge in [0.1, 0.15) is 0 Å². The molecule has 0 spiro atoms. The number of nitrogens with one attached hydrogen (secondary N) is 1. The number of sulfonamides is 1. The number of hydrogen-bond donors (Lipinski definition) is 2. The molecule has 4 nitrogen and oxygen atoms in total. The fourth-order valence-electron chi connectivity index (χ4n) is 3.23. The van der Waals surface area contributed by atoms with E-state index >= 15 is 0 Å². The Morgan fingerprint density at radius 3 is 2.69 bits per heavy atom. The topological polar surface area (TPSA) is 72.2 Å². The van der Waals surface area contributed by atoms with Crippen LogP contribution in [-0.2, 0) is 10.0 Å². The van der Waals surface area contributed by atoms with Crippen LogP contribution in [0.1, 0.15) is 32.6 Å². The van der Waals surface area contributed by atoms with Crippen molar-refractivity contribution in [1.29, 1.82) is 0 Å². The molecule has 2 aliphatic rings. The lowest BCUT2D eigenvalue weighted by molar-refractivity contribution is 0.158. The lowest BCUT2D eigenvalue weighted by Crippen LogP contribution is -2.50. The average Bonchev–Trinajstić information content (AvgIpc) is 2.52. The first kappa shape index (κ1) is 12.3. The van der Waals surface area contributed by atoms with Gasteiger partial charge in [-0.15, -0.1) is 0 Å². The van der Waals surface area contributed by atoms with Crippen molar-refractivity contribution in [2.75, 3.05) is 12.3 Å². The summed E-state index contributed by atoms with van der Waals surface area (Å²) in [6.45, 7) is 2.64. The Morgan fingerprint density at radius 1 is 1.31 bits per heavy atom. The van der Waals surface area contributed by atoms with Gasteiger partial charge in [-0.25, -0.2) is 13.1 Å². The monoisotopic (exact) mass is 246 g/mol. The second-order valence-corrected chi connectivity index (χ2v) is 7.15. The van der Waals surface area contributed by atoms with Crippen LogP contribution in [0.15, 0.2) is 0 Å². The molecule has 16 heavy (non-hydrogen) atoms. The summed E-state index contributed by atoms with van der Waals surface area (Å²) in [5.74, 6) is 2.15. The number of fused-ring (bicyclic) bond motifs is 1. The molecule has 0 bridgehead atoms. The average molecular weight is 246 g/mol. The molecule has 2 rings (SSSR count). The fraction of sp³-hybridized carbons (Fsp3) is 1.00. The molecule has 0 aromatic heterocycles. The van der Waals surface area contributed by atoms with Crippen LogP contribution in [0, 0.1) is 17.8 Å². The van der Waals surface area contributed by atoms with E-state index in [1.807, 2.05) is 6.92 Å². The lowest BCUT2D eigenvalue weighted by atomic mass is 9.72. The molecule has 4 atom stereocenters. The van der Waals surface area contributed by atoms with E-state index in [-0.39, 0.29) is 11.8 Å². The zero-order chi connectivity index (χ0) is 11.8. The van der Waals surface area contributed by atoms with Crippen LogP contribution in [-0.4, -0.2) is 26.8 Å². The van der Waals surface area contributed by atoms with Crippen molar-refractivity contribution < 1.29 is 8.42 Å². The highest BCUT2D eigenvalue weighted by molar-refractivity contribution is 7.89. The molecule has 5 heteroatoms. The molecular formula is C11H22N2O2S. The van der Waals surface area contributed by atoms with Gasteiger partial charge in [0, 0.05) is 6.04 Å². The molecule has 0 radical (unpaired) electrons. The van der Waals surface area contributed by atoms with E-state index < -0.39 is 10.0 Å². The smallest absolute Gasteiger partial charge is 0.211 e. The molecular weight excluding hydrogens is 224 g/mol. The normalized spacial score (nSPS) is 38.1. The van der Waals surface area contributed by atoms with Crippen LogP contribution in [0.5, 0.6) is 0 Å². The van der Waals surface area contributed by atoms with Crippen molar-refractivity contribution in [3.8, 4) is 0 Å². The van der Waals surface area contributed by atoms with Gasteiger partial charge in [-0.3, -0.25) is 0 Å². The van der Waals surface area contributed by atoms with Crippen LogP contribution in [0.2, 0.25) is 0 Å². The Morgan fingerprint density at radius 2 is 2.06 bits per heavy atom. The zero-order valence-corrected chi connectivity index (χ0v) is 10.7. The molecule has 0 saturated heterocycles. The summed E-state index contributed by atoms with van der Waals surface area (Å²) >= 11 is 0. The van der Waals surface area contributed by atoms with Crippen molar-refractivity contribution in [3.05, 3.63) is 0 Å². The molecule has 0 amide bonds. The third kappa shape index (κ3) is 2.41. The van der Waals surface area contributed by atoms with Crippen molar-refractivity contribution in [1.82, 2.24) is 4.72 Å². The minimum atomic E-state index is -3.04. The van der Waals surface area contributed by atoms with Gasteiger partial charge in [-0.2, -0.15) is 0 Å². The van der Waals surface area contributed by atoms with Gasteiger partial charge >= 0.3 is 0 Å². The highest BCUT2D eigenvalue weighted by Gasteiger charge is 2.48. The van der Waals surface area contributed by atoms with Crippen LogP contribution < -0.4 is 10.5 Å². The molecule has 4 unspecified atom stereocenters. The van der Waals surface area contributed by atoms with E-state index in [9.17, 15) is 8.42 Å². The summed E-state index contributed by atoms with van der Waals surface area (Å²) in [5, 5.41) is 0. The first-order valence-electron chi connectivity index (χ1n) is 6.25. The van der Waals surface area contributed by atoms with Crippen LogP contribution in [0.3, 0.4) is 0 Å². The Hall–Kier alpha value is -0.130. The van der Waals surface area contributed by atoms with E-state index in [2.05, 4.69) is 4.72 Å². The first-order valence-corrected chi connectivity index (χ1v) is 7.91. The lowest BCUT2D eigenvalue weighted by Gasteiger charge is -2.40. The van der Waals surface area contributed by atoms with Gasteiger partial charge in [0.25, 0.3) is 0 Å². The van der Waals surface area contributed by atoms with E-state index in [1.165, 1.54) is 6.42 Å². The SMILES string of the molecule is CCCS(=O)(=O)NC1CC2CC(CN)CC21. The van der Waals surface area contributed by atoms with Crippen molar-refractivity contribution in [3.63, 3.8) is 0 Å². The summed E-state index contributed by atoms with van der Waals surface area (Å²) in [6.07, 6.45) is 4.01. The molecule has 2 saturated carbocycles. The number of rotatable bonds is 5. The standard InChI is InChI=1S/C11H22N2O2S/c1-2-3-16(14,15)13-11-6-9-4-8(7-12)5-10(9)11/h8-11,13H,2-7,12H2,1H3. The maximum atomic E-state index is 11.6. The highest BCUT2D eigenvalue weighted by Crippen LogP contribution is 2.49. The third-order valence-electron chi connectivity index (χ3n) is 4.06. The Balaban J connectivity index is 1.86. The summed E-state index contributed by atoms with van der Waals surface area (Å²) < 4.78 is 26.1. The predicted octanol–water partition coefficient (Wildman–Crippen LogP) is 0.689. The second kappa shape index (κ2) is 4.63. The van der Waals surface area contributed by atoms with Gasteiger partial charge < -0.3 is 5.73 Å². The summed E-state index contributed by atoms with van der Waals surface area (Å²) in [7, 11) is -3.04. The van der Waals surface area contributed by atoms with E-state index in [4.69, 9.17) is 5.73 Å².